The van der Waals surface area contributed by atoms with Gasteiger partial charge >= 0.3 is 6.03 Å². The minimum atomic E-state index is -0.987. The van der Waals surface area contributed by atoms with Gasteiger partial charge in [0.2, 0.25) is 0 Å². The van der Waals surface area contributed by atoms with Gasteiger partial charge in [0.1, 0.15) is 0 Å². The van der Waals surface area contributed by atoms with Gasteiger partial charge in [0.05, 0.1) is 6.04 Å². The van der Waals surface area contributed by atoms with Crippen LogP contribution in [0.3, 0.4) is 0 Å². The lowest BCUT2D eigenvalue weighted by Crippen LogP contribution is -2.30. The molecule has 0 bridgehead atoms. The summed E-state index contributed by atoms with van der Waals surface area (Å²) in [7, 11) is 0. The lowest BCUT2D eigenvalue weighted by Gasteiger charge is -2.13. The lowest BCUT2D eigenvalue weighted by atomic mass is 10.0. The lowest BCUT2D eigenvalue weighted by molar-refractivity contribution is -0.305. The number of unbranched alkanes of at least 4 members (excludes halogenated alkanes) is 2. The summed E-state index contributed by atoms with van der Waals surface area (Å²) in [5.74, 6) is -0.987. The zero-order valence-electron chi connectivity index (χ0n) is 8.91. The van der Waals surface area contributed by atoms with Crippen LogP contribution in [0.5, 0.6) is 0 Å². The van der Waals surface area contributed by atoms with Crippen LogP contribution < -0.4 is 15.7 Å². The van der Waals surface area contributed by atoms with E-state index < -0.39 is 5.97 Å². The Hall–Kier alpha value is -1.26. The molecule has 0 spiro atoms. The third-order valence-corrected chi connectivity index (χ3v) is 2.67. The Kier molecular flexibility index (Phi) is 4.39. The average Bonchev–Trinajstić information content (AvgIpc) is 2.44. The second-order valence-corrected chi connectivity index (χ2v) is 3.98. The molecule has 15 heavy (non-hydrogen) atoms. The second kappa shape index (κ2) is 5.58. The van der Waals surface area contributed by atoms with Crippen LogP contribution in [0.2, 0.25) is 0 Å². The standard InChI is InChI=1S/C10H18N2O3/c1-7-8(12-10(15)11-7)5-3-2-4-6-9(13)14/h7-8H,2-6H2,1H3,(H,13,14)(H2,11,12,15)/p-1. The first-order valence-corrected chi connectivity index (χ1v) is 5.36. The normalized spacial score (nSPS) is 24.7. The first-order valence-electron chi connectivity index (χ1n) is 5.36. The molecule has 2 unspecified atom stereocenters. The van der Waals surface area contributed by atoms with Crippen LogP contribution in [0.15, 0.2) is 0 Å². The Labute approximate surface area is 89.2 Å². The molecule has 0 radical (unpaired) electrons. The number of hydrogen-bond donors (Lipinski definition) is 2. The number of urea groups is 1. The Morgan fingerprint density at radius 1 is 1.33 bits per heavy atom. The van der Waals surface area contributed by atoms with Crippen molar-refractivity contribution in [1.82, 2.24) is 10.6 Å². The Morgan fingerprint density at radius 3 is 2.60 bits per heavy atom. The molecule has 86 valence electrons. The van der Waals surface area contributed by atoms with E-state index in [0.29, 0.717) is 6.42 Å². The van der Waals surface area contributed by atoms with Gasteiger partial charge in [-0.2, -0.15) is 0 Å². The van der Waals surface area contributed by atoms with Crippen LogP contribution in [-0.4, -0.2) is 24.1 Å². The number of nitrogens with one attached hydrogen (secondary N) is 2. The number of rotatable bonds is 6. The summed E-state index contributed by atoms with van der Waals surface area (Å²) < 4.78 is 0. The molecule has 0 aromatic carbocycles. The van der Waals surface area contributed by atoms with Crippen molar-refractivity contribution in [2.24, 2.45) is 0 Å². The number of amides is 2. The first-order chi connectivity index (χ1) is 7.09. The summed E-state index contributed by atoms with van der Waals surface area (Å²) in [5.41, 5.74) is 0. The molecular weight excluding hydrogens is 196 g/mol. The van der Waals surface area contributed by atoms with Crippen LogP contribution in [0.25, 0.3) is 0 Å². The van der Waals surface area contributed by atoms with Crippen molar-refractivity contribution >= 4 is 12.0 Å². The molecule has 2 amide bonds. The maximum atomic E-state index is 10.9. The summed E-state index contributed by atoms with van der Waals surface area (Å²) in [5, 5.41) is 15.7. The summed E-state index contributed by atoms with van der Waals surface area (Å²) in [4.78, 5) is 21.1. The van der Waals surface area contributed by atoms with E-state index >= 15 is 0 Å². The predicted octanol–water partition coefficient (Wildman–Crippen LogP) is -0.243. The van der Waals surface area contributed by atoms with E-state index in [0.717, 1.165) is 19.3 Å². The molecule has 1 saturated heterocycles. The van der Waals surface area contributed by atoms with Crippen LogP contribution in [0, 0.1) is 0 Å². The maximum absolute atomic E-state index is 10.9. The van der Waals surface area contributed by atoms with E-state index in [4.69, 9.17) is 0 Å². The SMILES string of the molecule is CC1NC(=O)NC1CCCCCC(=O)[O-]. The summed E-state index contributed by atoms with van der Waals surface area (Å²) in [6.07, 6.45) is 3.49. The second-order valence-electron chi connectivity index (χ2n) is 3.98. The number of carboxylic acids is 1. The molecule has 1 rings (SSSR count). The molecule has 5 heteroatoms. The van der Waals surface area contributed by atoms with E-state index in [1.54, 1.807) is 0 Å². The molecule has 0 aliphatic carbocycles. The number of aliphatic carboxylic acids is 1. The third-order valence-electron chi connectivity index (χ3n) is 2.67. The van der Waals surface area contributed by atoms with Crippen molar-refractivity contribution < 1.29 is 14.7 Å². The van der Waals surface area contributed by atoms with Gasteiger partial charge < -0.3 is 20.5 Å². The molecule has 0 aromatic rings. The smallest absolute Gasteiger partial charge is 0.315 e. The fourth-order valence-electron chi connectivity index (χ4n) is 1.77. The molecule has 5 nitrogen and oxygen atoms in total. The molecule has 1 fully saturated rings. The van der Waals surface area contributed by atoms with Crippen LogP contribution in [-0.2, 0) is 4.79 Å². The van der Waals surface area contributed by atoms with E-state index in [9.17, 15) is 14.7 Å². The summed E-state index contributed by atoms with van der Waals surface area (Å²) in [6.45, 7) is 1.96. The number of hydrogen-bond acceptors (Lipinski definition) is 3. The molecule has 2 atom stereocenters. The number of carbonyl (C=O) groups excluding carboxylic acids is 2. The van der Waals surface area contributed by atoms with Gasteiger partial charge in [-0.05, 0) is 26.2 Å². The predicted molar refractivity (Wildman–Crippen MR) is 53.0 cm³/mol. The van der Waals surface area contributed by atoms with E-state index in [2.05, 4.69) is 10.6 Å². The topological polar surface area (TPSA) is 81.3 Å². The van der Waals surface area contributed by atoms with Gasteiger partial charge in [0, 0.05) is 12.0 Å². The Bertz CT molecular complexity index is 243. The van der Waals surface area contributed by atoms with E-state index in [-0.39, 0.29) is 24.5 Å². The number of carbonyl (C=O) groups is 2. The van der Waals surface area contributed by atoms with Gasteiger partial charge in [-0.1, -0.05) is 12.8 Å². The first kappa shape index (κ1) is 11.8. The largest absolute Gasteiger partial charge is 0.550 e. The van der Waals surface area contributed by atoms with Gasteiger partial charge in [0.15, 0.2) is 0 Å². The van der Waals surface area contributed by atoms with Gasteiger partial charge in [-0.25, -0.2) is 4.79 Å². The van der Waals surface area contributed by atoms with E-state index in [1.165, 1.54) is 0 Å². The van der Waals surface area contributed by atoms with Gasteiger partial charge in [-0.15, -0.1) is 0 Å². The fraction of sp³-hybridized carbons (Fsp3) is 0.800. The monoisotopic (exact) mass is 213 g/mol. The average molecular weight is 213 g/mol. The summed E-state index contributed by atoms with van der Waals surface area (Å²) >= 11 is 0. The summed E-state index contributed by atoms with van der Waals surface area (Å²) in [6, 6.07) is 0.237. The molecule has 1 aliphatic rings. The van der Waals surface area contributed by atoms with Crippen LogP contribution >= 0.6 is 0 Å². The maximum Gasteiger partial charge on any atom is 0.315 e. The number of carboxylic acid groups (broad SMARTS) is 1. The minimum absolute atomic E-state index is 0.109. The molecule has 1 aliphatic heterocycles. The van der Waals surface area contributed by atoms with Gasteiger partial charge in [-0.3, -0.25) is 0 Å². The third kappa shape index (κ3) is 4.18. The zero-order valence-corrected chi connectivity index (χ0v) is 8.91. The quantitative estimate of drug-likeness (QED) is 0.597. The molecule has 0 saturated carbocycles. The van der Waals surface area contributed by atoms with Crippen molar-refractivity contribution in [2.45, 2.75) is 51.1 Å². The fourth-order valence-corrected chi connectivity index (χ4v) is 1.77. The van der Waals surface area contributed by atoms with Crippen molar-refractivity contribution in [3.05, 3.63) is 0 Å². The molecule has 0 aromatic heterocycles. The van der Waals surface area contributed by atoms with Crippen molar-refractivity contribution in [3.63, 3.8) is 0 Å². The highest BCUT2D eigenvalue weighted by Gasteiger charge is 2.26. The molecular formula is C10H17N2O3-. The molecule has 2 N–H and O–H groups in total. The van der Waals surface area contributed by atoms with Crippen molar-refractivity contribution in [3.8, 4) is 0 Å². The van der Waals surface area contributed by atoms with Gasteiger partial charge in [0.25, 0.3) is 0 Å². The van der Waals surface area contributed by atoms with E-state index in [1.807, 2.05) is 6.92 Å². The van der Waals surface area contributed by atoms with Crippen molar-refractivity contribution in [1.29, 1.82) is 0 Å². The van der Waals surface area contributed by atoms with Crippen molar-refractivity contribution in [2.75, 3.05) is 0 Å². The highest BCUT2D eigenvalue weighted by Crippen LogP contribution is 2.11. The minimum Gasteiger partial charge on any atom is -0.550 e. The highest BCUT2D eigenvalue weighted by atomic mass is 16.4. The Balaban J connectivity index is 2.05. The zero-order chi connectivity index (χ0) is 11.3. The van der Waals surface area contributed by atoms with Crippen LogP contribution in [0.1, 0.15) is 39.0 Å². The van der Waals surface area contributed by atoms with Crippen LogP contribution in [0.4, 0.5) is 4.79 Å². The Morgan fingerprint density at radius 2 is 2.07 bits per heavy atom. The highest BCUT2D eigenvalue weighted by molar-refractivity contribution is 5.77. The molecule has 1 heterocycles.